The molecule has 0 aliphatic carbocycles. The van der Waals surface area contributed by atoms with Gasteiger partial charge in [0.25, 0.3) is 0 Å². The molecular weight excluding hydrogens is 324 g/mol. The first-order valence-corrected chi connectivity index (χ1v) is 8.06. The number of thiophene rings is 1. The molecule has 0 radical (unpaired) electrons. The van der Waals surface area contributed by atoms with Crippen LogP contribution in [0.5, 0.6) is 0 Å². The van der Waals surface area contributed by atoms with Crippen molar-refractivity contribution in [3.8, 4) is 0 Å². The van der Waals surface area contributed by atoms with E-state index in [4.69, 9.17) is 16.7 Å². The Morgan fingerprint density at radius 1 is 1.50 bits per heavy atom. The number of aromatic carboxylic acids is 1. The van der Waals surface area contributed by atoms with Crippen molar-refractivity contribution < 1.29 is 18.3 Å². The highest BCUT2D eigenvalue weighted by Gasteiger charge is 2.23. The molecule has 0 spiro atoms. The van der Waals surface area contributed by atoms with E-state index in [-0.39, 0.29) is 17.1 Å². The third kappa shape index (κ3) is 3.04. The highest BCUT2D eigenvalue weighted by molar-refractivity contribution is 7.89. The molecule has 0 atom stereocenters. The lowest BCUT2D eigenvalue weighted by atomic mass is 10.4. The second-order valence-corrected chi connectivity index (χ2v) is 7.87. The molecule has 9 heteroatoms. The maximum atomic E-state index is 12.3. The number of sulfonamides is 1. The molecule has 0 bridgehead atoms. The average molecular weight is 335 g/mol. The summed E-state index contributed by atoms with van der Waals surface area (Å²) in [7, 11) is -2.31. The van der Waals surface area contributed by atoms with Crippen LogP contribution in [0.15, 0.2) is 29.3 Å². The van der Waals surface area contributed by atoms with Gasteiger partial charge in [0, 0.05) is 24.7 Å². The summed E-state index contributed by atoms with van der Waals surface area (Å²) in [5.41, 5.74) is -0.170. The van der Waals surface area contributed by atoms with E-state index in [0.717, 1.165) is 21.4 Å². The molecule has 0 amide bonds. The molecule has 2 rings (SSSR count). The Kier molecular flexibility index (Phi) is 4.19. The van der Waals surface area contributed by atoms with E-state index in [2.05, 4.69) is 4.98 Å². The molecule has 20 heavy (non-hydrogen) atoms. The maximum absolute atomic E-state index is 12.3. The number of nitrogens with zero attached hydrogens (tertiary/aromatic N) is 1. The zero-order valence-corrected chi connectivity index (χ0v) is 12.7. The lowest BCUT2D eigenvalue weighted by Crippen LogP contribution is -2.25. The molecule has 0 aliphatic heterocycles. The molecule has 2 N–H and O–H groups in total. The van der Waals surface area contributed by atoms with E-state index < -0.39 is 16.0 Å². The molecule has 108 valence electrons. The zero-order chi connectivity index (χ0) is 14.9. The van der Waals surface area contributed by atoms with Crippen LogP contribution in [0.3, 0.4) is 0 Å². The maximum Gasteiger partial charge on any atom is 0.352 e. The van der Waals surface area contributed by atoms with Gasteiger partial charge in [-0.15, -0.1) is 11.3 Å². The number of aromatic nitrogens is 1. The van der Waals surface area contributed by atoms with Crippen LogP contribution in [0.25, 0.3) is 0 Å². The molecule has 0 saturated carbocycles. The highest BCUT2D eigenvalue weighted by atomic mass is 35.5. The van der Waals surface area contributed by atoms with Crippen LogP contribution < -0.4 is 0 Å². The van der Waals surface area contributed by atoms with Crippen LogP contribution in [-0.2, 0) is 16.6 Å². The second-order valence-electron chi connectivity index (χ2n) is 4.02. The number of carboxylic acids is 1. The summed E-state index contributed by atoms with van der Waals surface area (Å²) in [4.78, 5) is 13.9. The van der Waals surface area contributed by atoms with Gasteiger partial charge in [0.2, 0.25) is 10.0 Å². The number of H-pyrrole nitrogens is 1. The van der Waals surface area contributed by atoms with Gasteiger partial charge in [-0.3, -0.25) is 0 Å². The fourth-order valence-electron chi connectivity index (χ4n) is 1.57. The van der Waals surface area contributed by atoms with Crippen molar-refractivity contribution in [1.82, 2.24) is 9.29 Å². The molecule has 6 nitrogen and oxygen atoms in total. The van der Waals surface area contributed by atoms with Gasteiger partial charge < -0.3 is 10.1 Å². The van der Waals surface area contributed by atoms with Gasteiger partial charge in [0.1, 0.15) is 10.6 Å². The second kappa shape index (κ2) is 5.57. The van der Waals surface area contributed by atoms with Gasteiger partial charge in [-0.2, -0.15) is 4.31 Å². The first-order valence-electron chi connectivity index (χ1n) is 5.43. The van der Waals surface area contributed by atoms with Crippen molar-refractivity contribution in [2.24, 2.45) is 0 Å². The van der Waals surface area contributed by atoms with Crippen LogP contribution in [-0.4, -0.2) is 35.8 Å². The number of carboxylic acid groups (broad SMARTS) is 1. The number of rotatable bonds is 5. The Balaban J connectivity index is 2.22. The Morgan fingerprint density at radius 3 is 2.70 bits per heavy atom. The summed E-state index contributed by atoms with van der Waals surface area (Å²) in [6.45, 7) is 0.174. The summed E-state index contributed by atoms with van der Waals surface area (Å²) in [5.74, 6) is -1.21. The van der Waals surface area contributed by atoms with Gasteiger partial charge in [-0.05, 0) is 18.2 Å². The number of hydrogen-bond donors (Lipinski definition) is 2. The minimum absolute atomic E-state index is 0.0833. The Morgan fingerprint density at radius 2 is 2.20 bits per heavy atom. The third-order valence-corrected chi connectivity index (χ3v) is 5.60. The molecular formula is C11H11ClN2O4S2. The van der Waals surface area contributed by atoms with Crippen LogP contribution in [0.1, 0.15) is 15.4 Å². The average Bonchev–Trinajstić information content (AvgIpc) is 2.98. The predicted molar refractivity (Wildman–Crippen MR) is 75.7 cm³/mol. The smallest absolute Gasteiger partial charge is 0.352 e. The van der Waals surface area contributed by atoms with Crippen LogP contribution in [0.4, 0.5) is 0 Å². The third-order valence-electron chi connectivity index (χ3n) is 2.60. The molecule has 0 aromatic carbocycles. The Hall–Kier alpha value is -1.35. The first kappa shape index (κ1) is 15.0. The largest absolute Gasteiger partial charge is 0.477 e. The topological polar surface area (TPSA) is 90.5 Å². The fraction of sp³-hybridized carbons (Fsp3) is 0.182. The molecule has 0 unspecified atom stereocenters. The summed E-state index contributed by atoms with van der Waals surface area (Å²) in [6.07, 6.45) is 1.16. The lowest BCUT2D eigenvalue weighted by molar-refractivity contribution is 0.0691. The zero-order valence-electron chi connectivity index (χ0n) is 10.3. The van der Waals surface area contributed by atoms with Crippen LogP contribution in [0.2, 0.25) is 4.34 Å². The summed E-state index contributed by atoms with van der Waals surface area (Å²) in [6, 6.07) is 4.54. The van der Waals surface area contributed by atoms with Gasteiger partial charge >= 0.3 is 5.97 Å². The lowest BCUT2D eigenvalue weighted by Gasteiger charge is -2.14. The summed E-state index contributed by atoms with van der Waals surface area (Å²) >= 11 is 7.09. The number of nitrogens with one attached hydrogen (secondary N) is 1. The molecule has 2 aromatic rings. The number of hydrogen-bond acceptors (Lipinski definition) is 4. The minimum Gasteiger partial charge on any atom is -0.477 e. The van der Waals surface area contributed by atoms with E-state index in [1.807, 2.05) is 0 Å². The standard InChI is InChI=1S/C11H11ClN2O4S2/c1-14(6-7-2-3-10(12)19-7)20(17,18)8-4-9(11(15)16)13-5-8/h2-5,13H,6H2,1H3,(H,15,16). The SMILES string of the molecule is CN(Cc1ccc(Cl)s1)S(=O)(=O)c1c[nH]c(C(=O)O)c1. The van der Waals surface area contributed by atoms with E-state index >= 15 is 0 Å². The van der Waals surface area contributed by atoms with Crippen molar-refractivity contribution in [2.75, 3.05) is 7.05 Å². The first-order chi connectivity index (χ1) is 9.30. The highest BCUT2D eigenvalue weighted by Crippen LogP contribution is 2.24. The van der Waals surface area contributed by atoms with Crippen molar-refractivity contribution >= 4 is 38.9 Å². The van der Waals surface area contributed by atoms with Crippen molar-refractivity contribution in [1.29, 1.82) is 0 Å². The number of carbonyl (C=O) groups is 1. The molecule has 2 aromatic heterocycles. The number of halogens is 1. The van der Waals surface area contributed by atoms with Gasteiger partial charge in [0.15, 0.2) is 0 Å². The Bertz CT molecular complexity index is 735. The van der Waals surface area contributed by atoms with E-state index in [0.29, 0.717) is 4.34 Å². The van der Waals surface area contributed by atoms with Gasteiger partial charge in [0.05, 0.1) is 4.34 Å². The van der Waals surface area contributed by atoms with Crippen LogP contribution in [0, 0.1) is 0 Å². The van der Waals surface area contributed by atoms with Gasteiger partial charge in [-0.1, -0.05) is 11.6 Å². The molecule has 2 heterocycles. The van der Waals surface area contributed by atoms with Gasteiger partial charge in [-0.25, -0.2) is 13.2 Å². The van der Waals surface area contributed by atoms with Crippen molar-refractivity contribution in [3.05, 3.63) is 39.3 Å². The van der Waals surface area contributed by atoms with Crippen molar-refractivity contribution in [2.45, 2.75) is 11.4 Å². The fourth-order valence-corrected chi connectivity index (χ4v) is 3.93. The van der Waals surface area contributed by atoms with E-state index in [1.54, 1.807) is 12.1 Å². The minimum atomic E-state index is -3.74. The number of aromatic amines is 1. The molecule has 0 saturated heterocycles. The monoisotopic (exact) mass is 334 g/mol. The normalized spacial score (nSPS) is 11.9. The quantitative estimate of drug-likeness (QED) is 0.877. The summed E-state index contributed by atoms with van der Waals surface area (Å²) < 4.78 is 26.3. The van der Waals surface area contributed by atoms with E-state index in [9.17, 15) is 13.2 Å². The molecule has 0 fully saturated rings. The Labute approximate surface area is 124 Å². The summed E-state index contributed by atoms with van der Waals surface area (Å²) in [5, 5.41) is 8.79. The molecule has 0 aliphatic rings. The van der Waals surface area contributed by atoms with E-state index in [1.165, 1.54) is 18.4 Å². The predicted octanol–water partition coefficient (Wildman–Crippen LogP) is 2.25. The van der Waals surface area contributed by atoms with Crippen LogP contribution >= 0.6 is 22.9 Å². The van der Waals surface area contributed by atoms with Crippen molar-refractivity contribution in [3.63, 3.8) is 0 Å².